The van der Waals surface area contributed by atoms with E-state index in [1.807, 2.05) is 12.1 Å². The number of rotatable bonds is 4. The van der Waals surface area contributed by atoms with Crippen LogP contribution in [0.1, 0.15) is 18.9 Å². The van der Waals surface area contributed by atoms with Gasteiger partial charge in [-0.05, 0) is 50.0 Å². The SMILES string of the molecule is CNC1CCN(CCc2ccc(Cl)cc2)CC1C. The number of piperidine rings is 1. The maximum Gasteiger partial charge on any atom is 0.0406 e. The Labute approximate surface area is 115 Å². The van der Waals surface area contributed by atoms with Gasteiger partial charge in [-0.1, -0.05) is 30.7 Å². The third kappa shape index (κ3) is 3.71. The second-order valence-corrected chi connectivity index (χ2v) is 5.77. The van der Waals surface area contributed by atoms with E-state index in [9.17, 15) is 0 Å². The van der Waals surface area contributed by atoms with E-state index < -0.39 is 0 Å². The maximum absolute atomic E-state index is 5.89. The fourth-order valence-electron chi connectivity index (χ4n) is 2.80. The highest BCUT2D eigenvalue weighted by Crippen LogP contribution is 2.17. The van der Waals surface area contributed by atoms with Crippen molar-refractivity contribution in [3.05, 3.63) is 34.9 Å². The normalized spacial score (nSPS) is 25.3. The molecule has 1 aliphatic rings. The van der Waals surface area contributed by atoms with Crippen molar-refractivity contribution < 1.29 is 0 Å². The Hall–Kier alpha value is -0.570. The highest BCUT2D eigenvalue weighted by Gasteiger charge is 2.24. The molecule has 0 aromatic heterocycles. The Morgan fingerprint density at radius 1 is 1.33 bits per heavy atom. The summed E-state index contributed by atoms with van der Waals surface area (Å²) in [5.74, 6) is 0.744. The lowest BCUT2D eigenvalue weighted by molar-refractivity contribution is 0.153. The summed E-state index contributed by atoms with van der Waals surface area (Å²) in [6, 6.07) is 8.91. The number of hydrogen-bond donors (Lipinski definition) is 1. The van der Waals surface area contributed by atoms with Gasteiger partial charge in [-0.3, -0.25) is 0 Å². The van der Waals surface area contributed by atoms with Gasteiger partial charge < -0.3 is 10.2 Å². The lowest BCUT2D eigenvalue weighted by atomic mass is 9.94. The van der Waals surface area contributed by atoms with Gasteiger partial charge >= 0.3 is 0 Å². The van der Waals surface area contributed by atoms with Gasteiger partial charge in [0.05, 0.1) is 0 Å². The molecular weight excluding hydrogens is 244 g/mol. The summed E-state index contributed by atoms with van der Waals surface area (Å²) in [7, 11) is 2.07. The molecule has 2 atom stereocenters. The predicted molar refractivity (Wildman–Crippen MR) is 78.2 cm³/mol. The average molecular weight is 267 g/mol. The molecule has 2 rings (SSSR count). The van der Waals surface area contributed by atoms with E-state index in [0.29, 0.717) is 6.04 Å². The van der Waals surface area contributed by atoms with Crippen LogP contribution in [0.5, 0.6) is 0 Å². The Morgan fingerprint density at radius 2 is 2.06 bits per heavy atom. The van der Waals surface area contributed by atoms with E-state index in [-0.39, 0.29) is 0 Å². The lowest BCUT2D eigenvalue weighted by Crippen LogP contribution is -2.47. The molecule has 0 amide bonds. The van der Waals surface area contributed by atoms with E-state index in [1.54, 1.807) is 0 Å². The average Bonchev–Trinajstić information content (AvgIpc) is 2.38. The standard InChI is InChI=1S/C15H23ClN2/c1-12-11-18(10-8-15(12)17-2)9-7-13-3-5-14(16)6-4-13/h3-6,12,15,17H,7-11H2,1-2H3. The molecule has 2 nitrogen and oxygen atoms in total. The third-order valence-corrected chi connectivity index (χ3v) is 4.24. The predicted octanol–water partition coefficient (Wildman–Crippen LogP) is 2.81. The third-order valence-electron chi connectivity index (χ3n) is 3.99. The molecule has 0 spiro atoms. The molecule has 3 heteroatoms. The first-order valence-electron chi connectivity index (χ1n) is 6.83. The van der Waals surface area contributed by atoms with Crippen LogP contribution in [0.25, 0.3) is 0 Å². The number of hydrogen-bond acceptors (Lipinski definition) is 2. The van der Waals surface area contributed by atoms with Crippen molar-refractivity contribution in [2.45, 2.75) is 25.8 Å². The summed E-state index contributed by atoms with van der Waals surface area (Å²) in [5.41, 5.74) is 1.38. The zero-order valence-corrected chi connectivity index (χ0v) is 12.1. The highest BCUT2D eigenvalue weighted by molar-refractivity contribution is 6.30. The molecule has 100 valence electrons. The fraction of sp³-hybridized carbons (Fsp3) is 0.600. The second-order valence-electron chi connectivity index (χ2n) is 5.34. The van der Waals surface area contributed by atoms with Gasteiger partial charge in [0.1, 0.15) is 0 Å². The van der Waals surface area contributed by atoms with Crippen LogP contribution in [-0.2, 0) is 6.42 Å². The van der Waals surface area contributed by atoms with E-state index in [4.69, 9.17) is 11.6 Å². The monoisotopic (exact) mass is 266 g/mol. The minimum atomic E-state index is 0.691. The van der Waals surface area contributed by atoms with Crippen molar-refractivity contribution in [2.24, 2.45) is 5.92 Å². The van der Waals surface area contributed by atoms with E-state index in [1.165, 1.54) is 25.1 Å². The number of benzene rings is 1. The summed E-state index contributed by atoms with van der Waals surface area (Å²) in [6.07, 6.45) is 2.38. The van der Waals surface area contributed by atoms with Crippen molar-refractivity contribution in [1.82, 2.24) is 10.2 Å². The summed E-state index contributed by atoms with van der Waals surface area (Å²) in [5, 5.41) is 4.23. The van der Waals surface area contributed by atoms with Crippen molar-refractivity contribution in [3.63, 3.8) is 0 Å². The molecular formula is C15H23ClN2. The van der Waals surface area contributed by atoms with E-state index in [0.717, 1.165) is 23.9 Å². The summed E-state index contributed by atoms with van der Waals surface area (Å²) < 4.78 is 0. The Morgan fingerprint density at radius 3 is 2.67 bits per heavy atom. The first kappa shape index (κ1) is 13.9. The van der Waals surface area contributed by atoms with Crippen LogP contribution in [0.4, 0.5) is 0 Å². The molecule has 2 unspecified atom stereocenters. The number of nitrogens with zero attached hydrogens (tertiary/aromatic N) is 1. The Kier molecular flexibility index (Phi) is 5.04. The maximum atomic E-state index is 5.89. The molecule has 1 heterocycles. The van der Waals surface area contributed by atoms with Crippen LogP contribution in [0, 0.1) is 5.92 Å². The molecule has 1 aromatic rings. The van der Waals surface area contributed by atoms with Crippen molar-refractivity contribution in [1.29, 1.82) is 0 Å². The van der Waals surface area contributed by atoms with Gasteiger partial charge in [0, 0.05) is 24.2 Å². The van der Waals surface area contributed by atoms with Crippen LogP contribution in [0.2, 0.25) is 5.02 Å². The smallest absolute Gasteiger partial charge is 0.0406 e. The van der Waals surface area contributed by atoms with Crippen molar-refractivity contribution >= 4 is 11.6 Å². The zero-order chi connectivity index (χ0) is 13.0. The second kappa shape index (κ2) is 6.55. The van der Waals surface area contributed by atoms with Gasteiger partial charge in [-0.2, -0.15) is 0 Å². The fourth-order valence-corrected chi connectivity index (χ4v) is 2.93. The van der Waals surface area contributed by atoms with Gasteiger partial charge in [0.2, 0.25) is 0 Å². The Balaban J connectivity index is 1.79. The molecule has 1 saturated heterocycles. The van der Waals surface area contributed by atoms with Crippen LogP contribution in [0.15, 0.2) is 24.3 Å². The highest BCUT2D eigenvalue weighted by atomic mass is 35.5. The molecule has 1 aliphatic heterocycles. The van der Waals surface area contributed by atoms with E-state index in [2.05, 4.69) is 36.3 Å². The molecule has 0 radical (unpaired) electrons. The van der Waals surface area contributed by atoms with E-state index >= 15 is 0 Å². The van der Waals surface area contributed by atoms with Crippen LogP contribution in [0.3, 0.4) is 0 Å². The minimum Gasteiger partial charge on any atom is -0.317 e. The number of halogens is 1. The van der Waals surface area contributed by atoms with Gasteiger partial charge in [0.25, 0.3) is 0 Å². The van der Waals surface area contributed by atoms with Crippen LogP contribution >= 0.6 is 11.6 Å². The van der Waals surface area contributed by atoms with Gasteiger partial charge in [0.15, 0.2) is 0 Å². The Bertz CT molecular complexity index is 363. The molecule has 0 aliphatic carbocycles. The molecule has 1 aromatic carbocycles. The van der Waals surface area contributed by atoms with Crippen LogP contribution in [-0.4, -0.2) is 37.6 Å². The van der Waals surface area contributed by atoms with Gasteiger partial charge in [-0.15, -0.1) is 0 Å². The number of nitrogens with one attached hydrogen (secondary N) is 1. The molecule has 1 fully saturated rings. The van der Waals surface area contributed by atoms with Crippen molar-refractivity contribution in [3.8, 4) is 0 Å². The zero-order valence-electron chi connectivity index (χ0n) is 11.3. The van der Waals surface area contributed by atoms with Crippen molar-refractivity contribution in [2.75, 3.05) is 26.7 Å². The summed E-state index contributed by atoms with van der Waals surface area (Å²) in [6.45, 7) is 5.92. The quantitative estimate of drug-likeness (QED) is 0.902. The largest absolute Gasteiger partial charge is 0.317 e. The molecule has 1 N–H and O–H groups in total. The summed E-state index contributed by atoms with van der Waals surface area (Å²) >= 11 is 5.89. The molecule has 0 saturated carbocycles. The summed E-state index contributed by atoms with van der Waals surface area (Å²) in [4.78, 5) is 2.58. The molecule has 0 bridgehead atoms. The minimum absolute atomic E-state index is 0.691. The number of likely N-dealkylation sites (tertiary alicyclic amines) is 1. The van der Waals surface area contributed by atoms with Crippen LogP contribution < -0.4 is 5.32 Å². The topological polar surface area (TPSA) is 15.3 Å². The lowest BCUT2D eigenvalue weighted by Gasteiger charge is -2.36. The first-order valence-corrected chi connectivity index (χ1v) is 7.21. The molecule has 18 heavy (non-hydrogen) atoms. The first-order chi connectivity index (χ1) is 8.69. The van der Waals surface area contributed by atoms with Gasteiger partial charge in [-0.25, -0.2) is 0 Å².